The van der Waals surface area contributed by atoms with Crippen LogP contribution in [0.1, 0.15) is 52.4 Å². The van der Waals surface area contributed by atoms with Gasteiger partial charge in [-0.2, -0.15) is 0 Å². The minimum Gasteiger partial charge on any atom is -0.382 e. The first-order valence-electron chi connectivity index (χ1n) is 8.02. The van der Waals surface area contributed by atoms with Gasteiger partial charge in [0.2, 0.25) is 0 Å². The SMILES string of the molecule is CCCCCCCC(C)Nc1ccc(Cl)c2ncccc12. The number of aromatic nitrogens is 1. The number of nitrogens with zero attached hydrogens (tertiary/aromatic N) is 1. The molecule has 0 saturated heterocycles. The van der Waals surface area contributed by atoms with Crippen molar-refractivity contribution in [3.8, 4) is 0 Å². The summed E-state index contributed by atoms with van der Waals surface area (Å²) in [5.74, 6) is 0. The fourth-order valence-corrected chi connectivity index (χ4v) is 2.87. The lowest BCUT2D eigenvalue weighted by Crippen LogP contribution is -2.15. The van der Waals surface area contributed by atoms with Gasteiger partial charge in [-0.3, -0.25) is 4.98 Å². The lowest BCUT2D eigenvalue weighted by Gasteiger charge is -2.17. The van der Waals surface area contributed by atoms with Crippen LogP contribution in [0.4, 0.5) is 5.69 Å². The Kier molecular flexibility index (Phi) is 6.31. The molecular formula is C18H25ClN2. The van der Waals surface area contributed by atoms with E-state index in [1.807, 2.05) is 12.1 Å². The molecule has 2 nitrogen and oxygen atoms in total. The molecule has 1 heterocycles. The van der Waals surface area contributed by atoms with Gasteiger partial charge in [-0.05, 0) is 37.6 Å². The Morgan fingerprint density at radius 2 is 1.95 bits per heavy atom. The molecular weight excluding hydrogens is 280 g/mol. The van der Waals surface area contributed by atoms with Gasteiger partial charge in [-0.25, -0.2) is 0 Å². The van der Waals surface area contributed by atoms with E-state index in [4.69, 9.17) is 11.6 Å². The first kappa shape index (κ1) is 16.1. The van der Waals surface area contributed by atoms with Crippen LogP contribution in [0, 0.1) is 0 Å². The molecule has 0 fully saturated rings. The fourth-order valence-electron chi connectivity index (χ4n) is 2.66. The van der Waals surface area contributed by atoms with Gasteiger partial charge in [0.05, 0.1) is 10.5 Å². The van der Waals surface area contributed by atoms with Gasteiger partial charge in [0.25, 0.3) is 0 Å². The maximum Gasteiger partial charge on any atom is 0.0908 e. The van der Waals surface area contributed by atoms with E-state index < -0.39 is 0 Å². The maximum absolute atomic E-state index is 6.21. The molecule has 0 amide bonds. The first-order valence-corrected chi connectivity index (χ1v) is 8.40. The summed E-state index contributed by atoms with van der Waals surface area (Å²) in [6.07, 6.45) is 9.63. The van der Waals surface area contributed by atoms with Crippen LogP contribution >= 0.6 is 11.6 Å². The van der Waals surface area contributed by atoms with Crippen LogP contribution in [0.5, 0.6) is 0 Å². The lowest BCUT2D eigenvalue weighted by molar-refractivity contribution is 0.579. The smallest absolute Gasteiger partial charge is 0.0908 e. The van der Waals surface area contributed by atoms with Crippen LogP contribution in [0.15, 0.2) is 30.5 Å². The lowest BCUT2D eigenvalue weighted by atomic mass is 10.1. The number of hydrogen-bond acceptors (Lipinski definition) is 2. The number of nitrogens with one attached hydrogen (secondary N) is 1. The summed E-state index contributed by atoms with van der Waals surface area (Å²) >= 11 is 6.21. The zero-order valence-corrected chi connectivity index (χ0v) is 13.8. The summed E-state index contributed by atoms with van der Waals surface area (Å²) in [6.45, 7) is 4.50. The average molecular weight is 305 g/mol. The highest BCUT2D eigenvalue weighted by Crippen LogP contribution is 2.28. The fraction of sp³-hybridized carbons (Fsp3) is 0.500. The molecule has 114 valence electrons. The second-order valence-corrected chi connectivity index (χ2v) is 6.15. The predicted molar refractivity (Wildman–Crippen MR) is 93.2 cm³/mol. The summed E-state index contributed by atoms with van der Waals surface area (Å²) in [5, 5.41) is 5.42. The summed E-state index contributed by atoms with van der Waals surface area (Å²) in [7, 11) is 0. The monoisotopic (exact) mass is 304 g/mol. The highest BCUT2D eigenvalue weighted by atomic mass is 35.5. The van der Waals surface area contributed by atoms with E-state index in [1.165, 1.54) is 38.5 Å². The van der Waals surface area contributed by atoms with Crippen molar-refractivity contribution >= 4 is 28.2 Å². The van der Waals surface area contributed by atoms with Gasteiger partial charge in [0.15, 0.2) is 0 Å². The van der Waals surface area contributed by atoms with Gasteiger partial charge in [0, 0.05) is 23.3 Å². The molecule has 0 aliphatic heterocycles. The highest BCUT2D eigenvalue weighted by Gasteiger charge is 2.08. The van der Waals surface area contributed by atoms with Crippen LogP contribution in [0.2, 0.25) is 5.02 Å². The van der Waals surface area contributed by atoms with Crippen molar-refractivity contribution in [2.75, 3.05) is 5.32 Å². The zero-order chi connectivity index (χ0) is 15.1. The van der Waals surface area contributed by atoms with E-state index in [-0.39, 0.29) is 0 Å². The van der Waals surface area contributed by atoms with Crippen molar-refractivity contribution < 1.29 is 0 Å². The van der Waals surface area contributed by atoms with Crippen LogP contribution < -0.4 is 5.32 Å². The third kappa shape index (κ3) is 4.60. The van der Waals surface area contributed by atoms with Crippen molar-refractivity contribution in [3.05, 3.63) is 35.5 Å². The molecule has 1 aromatic heterocycles. The standard InChI is InChI=1S/C18H25ClN2/c1-3-4-5-6-7-9-14(2)21-17-12-11-16(19)18-15(17)10-8-13-20-18/h8,10-14,21H,3-7,9H2,1-2H3. The molecule has 0 spiro atoms. The summed E-state index contributed by atoms with van der Waals surface area (Å²) in [5.41, 5.74) is 2.00. The van der Waals surface area contributed by atoms with Gasteiger partial charge >= 0.3 is 0 Å². The van der Waals surface area contributed by atoms with E-state index >= 15 is 0 Å². The number of halogens is 1. The Hall–Kier alpha value is -1.28. The summed E-state index contributed by atoms with van der Waals surface area (Å²) in [4.78, 5) is 4.37. The average Bonchev–Trinajstić information content (AvgIpc) is 2.50. The molecule has 1 unspecified atom stereocenters. The quantitative estimate of drug-likeness (QED) is 0.600. The number of rotatable bonds is 8. The van der Waals surface area contributed by atoms with Crippen molar-refractivity contribution in [1.29, 1.82) is 0 Å². The van der Waals surface area contributed by atoms with E-state index in [0.717, 1.165) is 16.6 Å². The molecule has 21 heavy (non-hydrogen) atoms. The van der Waals surface area contributed by atoms with E-state index in [9.17, 15) is 0 Å². The van der Waals surface area contributed by atoms with E-state index in [1.54, 1.807) is 6.20 Å². The Bertz CT molecular complexity index is 568. The normalized spacial score (nSPS) is 12.5. The van der Waals surface area contributed by atoms with Crippen LogP contribution in [-0.2, 0) is 0 Å². The largest absolute Gasteiger partial charge is 0.382 e. The maximum atomic E-state index is 6.21. The second kappa shape index (κ2) is 8.23. The zero-order valence-electron chi connectivity index (χ0n) is 13.0. The Morgan fingerprint density at radius 3 is 2.76 bits per heavy atom. The molecule has 0 aliphatic rings. The van der Waals surface area contributed by atoms with Crippen molar-refractivity contribution in [1.82, 2.24) is 4.98 Å². The van der Waals surface area contributed by atoms with E-state index in [0.29, 0.717) is 11.1 Å². The topological polar surface area (TPSA) is 24.9 Å². The van der Waals surface area contributed by atoms with Gasteiger partial charge < -0.3 is 5.32 Å². The number of hydrogen-bond donors (Lipinski definition) is 1. The Balaban J connectivity index is 1.95. The number of unbranched alkanes of at least 4 members (excludes halogenated alkanes) is 4. The molecule has 1 N–H and O–H groups in total. The second-order valence-electron chi connectivity index (χ2n) is 5.74. The van der Waals surface area contributed by atoms with Crippen LogP contribution in [-0.4, -0.2) is 11.0 Å². The minimum absolute atomic E-state index is 0.469. The molecule has 2 aromatic rings. The van der Waals surface area contributed by atoms with Gasteiger partial charge in [-0.15, -0.1) is 0 Å². The molecule has 0 bridgehead atoms. The molecule has 0 saturated carbocycles. The number of pyridine rings is 1. The predicted octanol–water partition coefficient (Wildman–Crippen LogP) is 6.05. The van der Waals surface area contributed by atoms with Crippen molar-refractivity contribution in [3.63, 3.8) is 0 Å². The summed E-state index contributed by atoms with van der Waals surface area (Å²) < 4.78 is 0. The number of benzene rings is 1. The van der Waals surface area contributed by atoms with Gasteiger partial charge in [-0.1, -0.05) is 50.6 Å². The molecule has 1 aromatic carbocycles. The van der Waals surface area contributed by atoms with Crippen molar-refractivity contribution in [2.45, 2.75) is 58.4 Å². The van der Waals surface area contributed by atoms with E-state index in [2.05, 4.69) is 36.3 Å². The number of anilines is 1. The first-order chi connectivity index (χ1) is 10.2. The Labute approximate surface area is 132 Å². The Morgan fingerprint density at radius 1 is 1.14 bits per heavy atom. The molecule has 1 atom stereocenters. The number of fused-ring (bicyclic) bond motifs is 1. The molecule has 3 heteroatoms. The third-order valence-electron chi connectivity index (χ3n) is 3.86. The third-order valence-corrected chi connectivity index (χ3v) is 4.17. The highest BCUT2D eigenvalue weighted by molar-refractivity contribution is 6.35. The summed E-state index contributed by atoms with van der Waals surface area (Å²) in [6, 6.07) is 8.48. The van der Waals surface area contributed by atoms with Crippen LogP contribution in [0.3, 0.4) is 0 Å². The molecule has 2 rings (SSSR count). The van der Waals surface area contributed by atoms with Crippen LogP contribution in [0.25, 0.3) is 10.9 Å². The minimum atomic E-state index is 0.469. The molecule has 0 aliphatic carbocycles. The molecule has 0 radical (unpaired) electrons. The van der Waals surface area contributed by atoms with Gasteiger partial charge in [0.1, 0.15) is 0 Å². The van der Waals surface area contributed by atoms with Crippen molar-refractivity contribution in [2.24, 2.45) is 0 Å².